The highest BCUT2D eigenvalue weighted by Gasteiger charge is 2.48. The SMILES string of the molecule is C#Cc1ccc(C(C(=O)NC(C)C)N(C(=O)C(NC(=O)OC(C)(C)C)C(C)C)C2CC2C)cc1. The Bertz CT molecular complexity index is 925. The van der Waals surface area contributed by atoms with Gasteiger partial charge in [0.15, 0.2) is 0 Å². The lowest BCUT2D eigenvalue weighted by Crippen LogP contribution is -2.56. The van der Waals surface area contributed by atoms with Gasteiger partial charge in [0.1, 0.15) is 17.7 Å². The van der Waals surface area contributed by atoms with E-state index in [1.807, 2.05) is 27.7 Å². The molecule has 1 aliphatic rings. The third kappa shape index (κ3) is 7.24. The van der Waals surface area contributed by atoms with Crippen LogP contribution in [0.5, 0.6) is 0 Å². The molecular weight excluding hydrogens is 430 g/mol. The third-order valence-corrected chi connectivity index (χ3v) is 5.63. The van der Waals surface area contributed by atoms with Gasteiger partial charge in [-0.2, -0.15) is 0 Å². The first-order valence-corrected chi connectivity index (χ1v) is 11.9. The first-order chi connectivity index (χ1) is 15.7. The summed E-state index contributed by atoms with van der Waals surface area (Å²) in [6, 6.07) is 5.21. The van der Waals surface area contributed by atoms with Crippen LogP contribution in [0.2, 0.25) is 0 Å². The van der Waals surface area contributed by atoms with Gasteiger partial charge in [0.05, 0.1) is 0 Å². The Morgan fingerprint density at radius 2 is 1.65 bits per heavy atom. The van der Waals surface area contributed by atoms with Crippen molar-refractivity contribution in [3.8, 4) is 12.3 Å². The second-order valence-corrected chi connectivity index (χ2v) is 10.7. The summed E-state index contributed by atoms with van der Waals surface area (Å²) >= 11 is 0. The van der Waals surface area contributed by atoms with E-state index in [0.717, 1.165) is 6.42 Å². The Morgan fingerprint density at radius 3 is 2.06 bits per heavy atom. The van der Waals surface area contributed by atoms with E-state index in [1.165, 1.54) is 0 Å². The Labute approximate surface area is 204 Å². The summed E-state index contributed by atoms with van der Waals surface area (Å²) in [5.74, 6) is 2.04. The summed E-state index contributed by atoms with van der Waals surface area (Å²) in [6.45, 7) is 14.8. The van der Waals surface area contributed by atoms with Crippen molar-refractivity contribution < 1.29 is 19.1 Å². The zero-order chi connectivity index (χ0) is 25.8. The van der Waals surface area contributed by atoms with Crippen molar-refractivity contribution >= 4 is 17.9 Å². The molecule has 7 heteroatoms. The van der Waals surface area contributed by atoms with Crippen LogP contribution in [0.1, 0.15) is 79.0 Å². The molecule has 7 nitrogen and oxygen atoms in total. The predicted molar refractivity (Wildman–Crippen MR) is 133 cm³/mol. The highest BCUT2D eigenvalue weighted by Crippen LogP contribution is 2.41. The molecule has 0 spiro atoms. The van der Waals surface area contributed by atoms with Crippen molar-refractivity contribution in [1.29, 1.82) is 0 Å². The van der Waals surface area contributed by atoms with Gasteiger partial charge in [-0.25, -0.2) is 4.79 Å². The van der Waals surface area contributed by atoms with Crippen molar-refractivity contribution in [3.63, 3.8) is 0 Å². The number of amides is 3. The lowest BCUT2D eigenvalue weighted by atomic mass is 9.97. The van der Waals surface area contributed by atoms with E-state index in [4.69, 9.17) is 11.2 Å². The van der Waals surface area contributed by atoms with Crippen LogP contribution in [0.25, 0.3) is 0 Å². The molecule has 1 aromatic rings. The number of benzene rings is 1. The highest BCUT2D eigenvalue weighted by atomic mass is 16.6. The largest absolute Gasteiger partial charge is 0.444 e. The number of carbonyl (C=O) groups is 3. The van der Waals surface area contributed by atoms with Crippen LogP contribution in [-0.4, -0.2) is 46.5 Å². The number of hydrogen-bond acceptors (Lipinski definition) is 4. The minimum Gasteiger partial charge on any atom is -0.444 e. The van der Waals surface area contributed by atoms with Gasteiger partial charge in [0.2, 0.25) is 11.8 Å². The molecule has 2 N–H and O–H groups in total. The molecule has 0 aliphatic heterocycles. The Morgan fingerprint density at radius 1 is 1.09 bits per heavy atom. The minimum atomic E-state index is -0.849. The number of rotatable bonds is 8. The van der Waals surface area contributed by atoms with Gasteiger partial charge in [0, 0.05) is 17.6 Å². The molecule has 4 atom stereocenters. The van der Waals surface area contributed by atoms with E-state index in [2.05, 4.69) is 23.5 Å². The standard InChI is InChI=1S/C27H39N3O4/c1-10-19-11-13-20(14-12-19)23(24(31)28-17(4)5)30(21-15-18(21)6)25(32)22(16(2)3)29-26(33)34-27(7,8)9/h1,11-14,16-18,21-23H,15H2,2-9H3,(H,28,31)(H,29,33). The van der Waals surface area contributed by atoms with E-state index >= 15 is 0 Å². The molecule has 0 aromatic heterocycles. The molecule has 2 rings (SSSR count). The van der Waals surface area contributed by atoms with Crippen molar-refractivity contribution in [1.82, 2.24) is 15.5 Å². The van der Waals surface area contributed by atoms with Crippen LogP contribution in [0.3, 0.4) is 0 Å². The molecule has 1 aliphatic carbocycles. The fraction of sp³-hybridized carbons (Fsp3) is 0.593. The fourth-order valence-electron chi connectivity index (χ4n) is 3.84. The van der Waals surface area contributed by atoms with Crippen LogP contribution in [0.15, 0.2) is 24.3 Å². The lowest BCUT2D eigenvalue weighted by molar-refractivity contribution is -0.144. The maximum absolute atomic E-state index is 14.0. The van der Waals surface area contributed by atoms with Gasteiger partial charge in [-0.3, -0.25) is 9.59 Å². The monoisotopic (exact) mass is 469 g/mol. The van der Waals surface area contributed by atoms with Gasteiger partial charge in [-0.15, -0.1) is 6.42 Å². The third-order valence-electron chi connectivity index (χ3n) is 5.63. The molecule has 186 valence electrons. The number of terminal acetylenes is 1. The molecule has 0 bridgehead atoms. The Hall–Kier alpha value is -3.01. The summed E-state index contributed by atoms with van der Waals surface area (Å²) in [5.41, 5.74) is 0.665. The second kappa shape index (κ2) is 10.9. The van der Waals surface area contributed by atoms with E-state index in [0.29, 0.717) is 11.1 Å². The summed E-state index contributed by atoms with van der Waals surface area (Å²) in [5, 5.41) is 5.70. The summed E-state index contributed by atoms with van der Waals surface area (Å²) < 4.78 is 5.40. The number of nitrogens with one attached hydrogen (secondary N) is 2. The van der Waals surface area contributed by atoms with Crippen molar-refractivity contribution in [2.75, 3.05) is 0 Å². The van der Waals surface area contributed by atoms with Gasteiger partial charge in [-0.05, 0) is 70.6 Å². The van der Waals surface area contributed by atoms with Gasteiger partial charge in [0.25, 0.3) is 0 Å². The van der Waals surface area contributed by atoms with Crippen LogP contribution < -0.4 is 10.6 Å². The lowest BCUT2D eigenvalue weighted by Gasteiger charge is -2.36. The van der Waals surface area contributed by atoms with Crippen LogP contribution in [-0.2, 0) is 14.3 Å². The van der Waals surface area contributed by atoms with E-state index < -0.39 is 23.8 Å². The first-order valence-electron chi connectivity index (χ1n) is 11.9. The van der Waals surface area contributed by atoms with Crippen LogP contribution in [0.4, 0.5) is 4.79 Å². The Kier molecular flexibility index (Phi) is 8.77. The molecule has 0 heterocycles. The molecular formula is C27H39N3O4. The number of ether oxygens (including phenoxy) is 1. The van der Waals surface area contributed by atoms with Crippen LogP contribution in [0, 0.1) is 24.2 Å². The zero-order valence-corrected chi connectivity index (χ0v) is 21.6. The van der Waals surface area contributed by atoms with E-state index in [9.17, 15) is 14.4 Å². The van der Waals surface area contributed by atoms with E-state index in [-0.39, 0.29) is 35.7 Å². The number of alkyl carbamates (subject to hydrolysis) is 1. The molecule has 0 saturated heterocycles. The zero-order valence-electron chi connectivity index (χ0n) is 21.6. The maximum Gasteiger partial charge on any atom is 0.408 e. The minimum absolute atomic E-state index is 0.102. The maximum atomic E-state index is 14.0. The average molecular weight is 470 g/mol. The predicted octanol–water partition coefficient (Wildman–Crippen LogP) is 4.02. The number of hydrogen-bond donors (Lipinski definition) is 2. The van der Waals surface area contributed by atoms with E-state index in [1.54, 1.807) is 49.9 Å². The summed E-state index contributed by atoms with van der Waals surface area (Å²) in [7, 11) is 0. The number of nitrogens with zero attached hydrogens (tertiary/aromatic N) is 1. The first kappa shape index (κ1) is 27.2. The topological polar surface area (TPSA) is 87.7 Å². The normalized spacial score (nSPS) is 19.1. The van der Waals surface area contributed by atoms with Crippen LogP contribution >= 0.6 is 0 Å². The average Bonchev–Trinajstić information content (AvgIpc) is 3.43. The highest BCUT2D eigenvalue weighted by molar-refractivity contribution is 5.93. The Balaban J connectivity index is 2.48. The van der Waals surface area contributed by atoms with Crippen molar-refractivity contribution in [3.05, 3.63) is 35.4 Å². The second-order valence-electron chi connectivity index (χ2n) is 10.7. The summed E-state index contributed by atoms with van der Waals surface area (Å²) in [6.07, 6.45) is 5.63. The summed E-state index contributed by atoms with van der Waals surface area (Å²) in [4.78, 5) is 41.6. The molecule has 1 aromatic carbocycles. The molecule has 4 unspecified atom stereocenters. The molecule has 1 saturated carbocycles. The molecule has 1 fully saturated rings. The quantitative estimate of drug-likeness (QED) is 0.563. The molecule has 3 amide bonds. The van der Waals surface area contributed by atoms with Crippen molar-refractivity contribution in [2.24, 2.45) is 11.8 Å². The fourth-order valence-corrected chi connectivity index (χ4v) is 3.84. The molecule has 34 heavy (non-hydrogen) atoms. The molecule has 0 radical (unpaired) electrons. The number of carbonyl (C=O) groups excluding carboxylic acids is 3. The van der Waals surface area contributed by atoms with Crippen molar-refractivity contribution in [2.45, 2.75) is 91.6 Å². The smallest absolute Gasteiger partial charge is 0.408 e. The van der Waals surface area contributed by atoms with Gasteiger partial charge >= 0.3 is 6.09 Å². The van der Waals surface area contributed by atoms with Gasteiger partial charge < -0.3 is 20.3 Å². The van der Waals surface area contributed by atoms with Gasteiger partial charge in [-0.1, -0.05) is 38.8 Å².